The summed E-state index contributed by atoms with van der Waals surface area (Å²) in [4.78, 5) is 21.9. The molecule has 3 N–H and O–H groups in total. The molecule has 0 saturated heterocycles. The molecule has 5 heteroatoms. The largest absolute Gasteiger partial charge is 0.481 e. The Kier molecular flexibility index (Phi) is 8.19. The molecule has 0 aliphatic heterocycles. The van der Waals surface area contributed by atoms with Gasteiger partial charge in [0.15, 0.2) is 0 Å². The molecule has 0 aromatic rings. The lowest BCUT2D eigenvalue weighted by atomic mass is 10.0. The van der Waals surface area contributed by atoms with Gasteiger partial charge in [-0.25, -0.2) is 4.79 Å². The number of carboxylic acids is 1. The van der Waals surface area contributed by atoms with Gasteiger partial charge in [-0.2, -0.15) is 0 Å². The van der Waals surface area contributed by atoms with Gasteiger partial charge in [0.1, 0.15) is 0 Å². The minimum absolute atomic E-state index is 0.213. The van der Waals surface area contributed by atoms with Crippen molar-refractivity contribution in [2.45, 2.75) is 40.0 Å². The third kappa shape index (κ3) is 7.60. The van der Waals surface area contributed by atoms with E-state index in [4.69, 9.17) is 5.11 Å². The predicted octanol–water partition coefficient (Wildman–Crippen LogP) is 1.83. The Morgan fingerprint density at radius 2 is 1.76 bits per heavy atom. The zero-order valence-electron chi connectivity index (χ0n) is 11.0. The molecule has 0 aromatic carbocycles. The van der Waals surface area contributed by atoms with Gasteiger partial charge in [-0.05, 0) is 12.3 Å². The van der Waals surface area contributed by atoms with Gasteiger partial charge in [0.2, 0.25) is 0 Å². The van der Waals surface area contributed by atoms with Gasteiger partial charge < -0.3 is 15.7 Å². The molecule has 1 atom stereocenters. The second kappa shape index (κ2) is 8.84. The molecule has 0 saturated carbocycles. The standard InChI is InChI=1S/C12H24N2O3/c1-4-10(5-2)8-14-12(17)13-7-6-9(3)11(15)16/h9-10H,4-8H2,1-3H3,(H,15,16)(H2,13,14,17). The van der Waals surface area contributed by atoms with Gasteiger partial charge in [-0.1, -0.05) is 33.6 Å². The summed E-state index contributed by atoms with van der Waals surface area (Å²) in [6.07, 6.45) is 2.55. The van der Waals surface area contributed by atoms with Gasteiger partial charge in [-0.15, -0.1) is 0 Å². The Hall–Kier alpha value is -1.26. The molecule has 2 amide bonds. The second-order valence-electron chi connectivity index (χ2n) is 4.35. The third-order valence-electron chi connectivity index (χ3n) is 2.99. The van der Waals surface area contributed by atoms with E-state index in [-0.39, 0.29) is 6.03 Å². The molecule has 0 fully saturated rings. The van der Waals surface area contributed by atoms with Crippen LogP contribution in [0.25, 0.3) is 0 Å². The number of carboxylic acid groups (broad SMARTS) is 1. The molecular formula is C12H24N2O3. The lowest BCUT2D eigenvalue weighted by molar-refractivity contribution is -0.141. The van der Waals surface area contributed by atoms with E-state index >= 15 is 0 Å². The number of hydrogen-bond acceptors (Lipinski definition) is 2. The number of urea groups is 1. The summed E-state index contributed by atoms with van der Waals surface area (Å²) in [6, 6.07) is -0.213. The van der Waals surface area contributed by atoms with Crippen molar-refractivity contribution in [3.05, 3.63) is 0 Å². The van der Waals surface area contributed by atoms with E-state index in [0.29, 0.717) is 25.4 Å². The maximum Gasteiger partial charge on any atom is 0.314 e. The van der Waals surface area contributed by atoms with E-state index in [0.717, 1.165) is 12.8 Å². The first-order valence-electron chi connectivity index (χ1n) is 6.25. The quantitative estimate of drug-likeness (QED) is 0.609. The van der Waals surface area contributed by atoms with Crippen LogP contribution in [0.4, 0.5) is 4.79 Å². The van der Waals surface area contributed by atoms with Gasteiger partial charge in [-0.3, -0.25) is 4.79 Å². The fraction of sp³-hybridized carbons (Fsp3) is 0.833. The molecule has 0 rings (SSSR count). The molecule has 100 valence electrons. The van der Waals surface area contributed by atoms with Crippen LogP contribution >= 0.6 is 0 Å². The van der Waals surface area contributed by atoms with Crippen LogP contribution < -0.4 is 10.6 Å². The summed E-state index contributed by atoms with van der Waals surface area (Å²) in [7, 11) is 0. The van der Waals surface area contributed by atoms with Crippen molar-refractivity contribution in [1.82, 2.24) is 10.6 Å². The van der Waals surface area contributed by atoms with E-state index in [1.807, 2.05) is 0 Å². The predicted molar refractivity (Wildman–Crippen MR) is 66.9 cm³/mol. The van der Waals surface area contributed by atoms with Crippen LogP contribution in [0.3, 0.4) is 0 Å². The Morgan fingerprint density at radius 3 is 2.24 bits per heavy atom. The Balaban J connectivity index is 3.63. The summed E-state index contributed by atoms with van der Waals surface area (Å²) in [6.45, 7) is 6.90. The first-order valence-corrected chi connectivity index (χ1v) is 6.25. The first kappa shape index (κ1) is 15.7. The normalized spacial score (nSPS) is 12.2. The molecule has 0 bridgehead atoms. The molecule has 17 heavy (non-hydrogen) atoms. The lowest BCUT2D eigenvalue weighted by Crippen LogP contribution is -2.39. The molecule has 0 aromatic heterocycles. The molecular weight excluding hydrogens is 220 g/mol. The summed E-state index contributed by atoms with van der Waals surface area (Å²) in [5.41, 5.74) is 0. The number of nitrogens with one attached hydrogen (secondary N) is 2. The maximum atomic E-state index is 11.4. The summed E-state index contributed by atoms with van der Waals surface area (Å²) < 4.78 is 0. The first-order chi connectivity index (χ1) is 8.01. The lowest BCUT2D eigenvalue weighted by Gasteiger charge is -2.14. The van der Waals surface area contributed by atoms with Crippen LogP contribution in [0.5, 0.6) is 0 Å². The number of rotatable bonds is 8. The fourth-order valence-corrected chi connectivity index (χ4v) is 1.40. The number of carbonyl (C=O) groups excluding carboxylic acids is 1. The SMILES string of the molecule is CCC(CC)CNC(=O)NCCC(C)C(=O)O. The van der Waals surface area contributed by atoms with Crippen LogP contribution in [-0.4, -0.2) is 30.2 Å². The van der Waals surface area contributed by atoms with Gasteiger partial charge in [0.25, 0.3) is 0 Å². The van der Waals surface area contributed by atoms with Gasteiger partial charge in [0.05, 0.1) is 5.92 Å². The van der Waals surface area contributed by atoms with E-state index in [1.54, 1.807) is 6.92 Å². The van der Waals surface area contributed by atoms with Crippen molar-refractivity contribution in [1.29, 1.82) is 0 Å². The number of aliphatic carboxylic acids is 1. The smallest absolute Gasteiger partial charge is 0.314 e. The Morgan fingerprint density at radius 1 is 1.18 bits per heavy atom. The topological polar surface area (TPSA) is 78.4 Å². The minimum atomic E-state index is -0.829. The summed E-state index contributed by atoms with van der Waals surface area (Å²) in [5, 5.41) is 14.1. The van der Waals surface area contributed by atoms with Crippen LogP contribution in [0.1, 0.15) is 40.0 Å². The molecule has 1 unspecified atom stereocenters. The van der Waals surface area contributed by atoms with Crippen molar-refractivity contribution >= 4 is 12.0 Å². The highest BCUT2D eigenvalue weighted by Crippen LogP contribution is 2.04. The Bertz CT molecular complexity index is 240. The zero-order valence-corrected chi connectivity index (χ0v) is 11.0. The van der Waals surface area contributed by atoms with Crippen molar-refractivity contribution in [3.8, 4) is 0 Å². The second-order valence-corrected chi connectivity index (χ2v) is 4.35. The average Bonchev–Trinajstić information content (AvgIpc) is 2.30. The van der Waals surface area contributed by atoms with Crippen LogP contribution in [0, 0.1) is 11.8 Å². The third-order valence-corrected chi connectivity index (χ3v) is 2.99. The number of amides is 2. The average molecular weight is 244 g/mol. The van der Waals surface area contributed by atoms with Crippen molar-refractivity contribution in [2.75, 3.05) is 13.1 Å². The fourth-order valence-electron chi connectivity index (χ4n) is 1.40. The van der Waals surface area contributed by atoms with Crippen LogP contribution in [0.15, 0.2) is 0 Å². The van der Waals surface area contributed by atoms with Crippen molar-refractivity contribution in [3.63, 3.8) is 0 Å². The number of hydrogen-bond donors (Lipinski definition) is 3. The monoisotopic (exact) mass is 244 g/mol. The van der Waals surface area contributed by atoms with Gasteiger partial charge in [0, 0.05) is 13.1 Å². The molecule has 0 radical (unpaired) electrons. The zero-order chi connectivity index (χ0) is 13.3. The van der Waals surface area contributed by atoms with Gasteiger partial charge >= 0.3 is 12.0 Å². The van der Waals surface area contributed by atoms with E-state index in [9.17, 15) is 9.59 Å². The highest BCUT2D eigenvalue weighted by molar-refractivity contribution is 5.74. The van der Waals surface area contributed by atoms with Crippen LogP contribution in [-0.2, 0) is 4.79 Å². The van der Waals surface area contributed by atoms with E-state index < -0.39 is 11.9 Å². The molecule has 0 heterocycles. The number of carbonyl (C=O) groups is 2. The molecule has 5 nitrogen and oxygen atoms in total. The van der Waals surface area contributed by atoms with E-state index in [1.165, 1.54) is 0 Å². The highest BCUT2D eigenvalue weighted by atomic mass is 16.4. The Labute approximate surface area is 103 Å². The minimum Gasteiger partial charge on any atom is -0.481 e. The van der Waals surface area contributed by atoms with Crippen LogP contribution in [0.2, 0.25) is 0 Å². The van der Waals surface area contributed by atoms with Crippen molar-refractivity contribution < 1.29 is 14.7 Å². The summed E-state index contributed by atoms with van der Waals surface area (Å²) >= 11 is 0. The van der Waals surface area contributed by atoms with Crippen molar-refractivity contribution in [2.24, 2.45) is 11.8 Å². The molecule has 0 spiro atoms. The maximum absolute atomic E-state index is 11.4. The summed E-state index contributed by atoms with van der Waals surface area (Å²) in [5.74, 6) is -0.739. The highest BCUT2D eigenvalue weighted by Gasteiger charge is 2.11. The molecule has 0 aliphatic carbocycles. The molecule has 0 aliphatic rings. The van der Waals surface area contributed by atoms with E-state index in [2.05, 4.69) is 24.5 Å².